The first-order chi connectivity index (χ1) is 56.9. The monoisotopic (exact) mass is 1680 g/mol. The van der Waals surface area contributed by atoms with E-state index >= 15 is 0 Å². The molecule has 12 aromatic carbocycles. The van der Waals surface area contributed by atoms with Crippen LogP contribution in [-0.2, 0) is 44.9 Å². The summed E-state index contributed by atoms with van der Waals surface area (Å²) in [4.78, 5) is 51.9. The van der Waals surface area contributed by atoms with Crippen LogP contribution in [0.1, 0.15) is 122 Å². The van der Waals surface area contributed by atoms with E-state index in [2.05, 4.69) is 189 Å². The van der Waals surface area contributed by atoms with Crippen LogP contribution in [0.5, 0.6) is 23.0 Å². The van der Waals surface area contributed by atoms with Gasteiger partial charge in [0.05, 0.1) is 50.1 Å². The molecule has 16 heteroatoms. The van der Waals surface area contributed by atoms with Crippen molar-refractivity contribution in [2.24, 2.45) is 21.7 Å². The maximum atomic E-state index is 13.1. The van der Waals surface area contributed by atoms with E-state index in [4.69, 9.17) is 18.9 Å². The van der Waals surface area contributed by atoms with Crippen LogP contribution in [0, 0.1) is 77.0 Å². The molecule has 0 saturated carbocycles. The molecule has 12 aromatic rings. The van der Waals surface area contributed by atoms with Crippen molar-refractivity contribution in [3.8, 4) is 45.3 Å². The van der Waals surface area contributed by atoms with Crippen LogP contribution in [-0.4, -0.2) is 72.7 Å². The number of methoxy groups -OCH3 is 4. The number of aryl methyl sites for hydroxylation is 8. The first-order valence-electron chi connectivity index (χ1n) is 40.4. The van der Waals surface area contributed by atoms with Gasteiger partial charge < -0.3 is 39.4 Å². The maximum Gasteiger partial charge on any atom is 0.309 e. The largest absolute Gasteiger partial charge is 0.496 e. The number of ether oxygens (including phenoxy) is 4. The molecule has 4 N–H and O–H groups in total. The van der Waals surface area contributed by atoms with Crippen LogP contribution in [0.3, 0.4) is 0 Å². The average Bonchev–Trinajstić information content (AvgIpc) is 0.729. The topological polar surface area (TPSA) is 186 Å². The van der Waals surface area contributed by atoms with Crippen LogP contribution in [0.25, 0.3) is 22.3 Å². The minimum Gasteiger partial charge on any atom is -0.496 e. The Hall–Kier alpha value is -10.6. The fraction of sp³-hybridized carbons (Fsp3) is 0.269. The molecule has 0 amide bonds. The minimum absolute atomic E-state index is 0.245. The summed E-state index contributed by atoms with van der Waals surface area (Å²) in [6, 6.07) is 84.4. The number of aliphatic carboxylic acids is 4. The second kappa shape index (κ2) is 38.0. The molecule has 0 radical (unpaired) electrons. The predicted octanol–water partition coefficient (Wildman–Crippen LogP) is 18.9. The third-order valence-electron chi connectivity index (χ3n) is 21.9. The Morgan fingerprint density at radius 3 is 0.550 bits per heavy atom. The van der Waals surface area contributed by atoms with Gasteiger partial charge in [0.1, 0.15) is 23.0 Å². The fourth-order valence-electron chi connectivity index (χ4n) is 16.2. The molecule has 0 aromatic heterocycles. The van der Waals surface area contributed by atoms with Gasteiger partial charge in [-0.3, -0.25) is 19.2 Å². The molecule has 12 nitrogen and oxygen atoms in total. The summed E-state index contributed by atoms with van der Waals surface area (Å²) in [6.07, 6.45) is 0.996. The lowest BCUT2D eigenvalue weighted by molar-refractivity contribution is -0.147. The highest BCUT2D eigenvalue weighted by molar-refractivity contribution is 7.82. The summed E-state index contributed by atoms with van der Waals surface area (Å²) in [5.74, 6) is -1.08. The molecule has 120 heavy (non-hydrogen) atoms. The van der Waals surface area contributed by atoms with Gasteiger partial charge in [-0.15, -0.1) is 0 Å². The number of hydrogen-bond donors (Lipinski definition) is 4. The van der Waals surface area contributed by atoms with E-state index in [9.17, 15) is 39.6 Å². The smallest absolute Gasteiger partial charge is 0.309 e. The zero-order valence-corrected chi connectivity index (χ0v) is 76.3. The summed E-state index contributed by atoms with van der Waals surface area (Å²) < 4.78 is 25.8. The van der Waals surface area contributed by atoms with E-state index < -0.39 is 77.2 Å². The quantitative estimate of drug-likeness (QED) is 0.0313. The third-order valence-corrected chi connectivity index (χ3v) is 32.1. The number of benzene rings is 12. The van der Waals surface area contributed by atoms with Crippen molar-refractivity contribution in [2.45, 2.75) is 136 Å². The molecule has 0 aliphatic rings. The molecule has 0 spiro atoms. The molecule has 0 bridgehead atoms. The van der Waals surface area contributed by atoms with Gasteiger partial charge in [0, 0.05) is 22.3 Å². The van der Waals surface area contributed by atoms with E-state index in [1.165, 1.54) is 0 Å². The summed E-state index contributed by atoms with van der Waals surface area (Å²) in [5, 5.41) is 55.3. The summed E-state index contributed by atoms with van der Waals surface area (Å²) in [5.41, 5.74) is 11.5. The van der Waals surface area contributed by atoms with Crippen molar-refractivity contribution in [1.29, 1.82) is 0 Å². The van der Waals surface area contributed by atoms with Crippen LogP contribution in [0.2, 0.25) is 0 Å². The average molecular weight is 1680 g/mol. The lowest BCUT2D eigenvalue weighted by Crippen LogP contribution is -2.34. The maximum absolute atomic E-state index is 13.1. The fourth-order valence-corrected chi connectivity index (χ4v) is 27.5. The Labute approximate surface area is 714 Å². The Kier molecular flexibility index (Phi) is 28.6. The van der Waals surface area contributed by atoms with Gasteiger partial charge in [0.25, 0.3) is 0 Å². The zero-order valence-electron chi connectivity index (χ0n) is 72.8. The van der Waals surface area contributed by atoms with Crippen LogP contribution >= 0.6 is 31.7 Å². The van der Waals surface area contributed by atoms with Crippen molar-refractivity contribution in [1.82, 2.24) is 0 Å². The third kappa shape index (κ3) is 20.2. The Morgan fingerprint density at radius 2 is 0.400 bits per heavy atom. The van der Waals surface area contributed by atoms with Gasteiger partial charge in [0.15, 0.2) is 0 Å². The summed E-state index contributed by atoms with van der Waals surface area (Å²) in [6.45, 7) is 31.2. The van der Waals surface area contributed by atoms with E-state index in [-0.39, 0.29) is 25.7 Å². The van der Waals surface area contributed by atoms with Gasteiger partial charge in [-0.1, -0.05) is 263 Å². The zero-order chi connectivity index (χ0) is 87.0. The molecule has 0 saturated heterocycles. The van der Waals surface area contributed by atoms with Crippen molar-refractivity contribution in [2.75, 3.05) is 28.4 Å². The van der Waals surface area contributed by atoms with Gasteiger partial charge in [-0.25, -0.2) is 0 Å². The van der Waals surface area contributed by atoms with Crippen LogP contribution < -0.4 is 82.6 Å². The first kappa shape index (κ1) is 90.2. The normalized spacial score (nSPS) is 11.9. The Morgan fingerprint density at radius 1 is 0.242 bits per heavy atom. The standard InChI is InChI=1S/C56H64O6P2.C48H48O6P2/c1-33-19-34(2)24-43(23-33)63(44-25-35(3)20-36(4)26-44)51-41(31-55(9,10)53(57)58)15-17-47(61-13)49(51)50-48(62-14)18-16-42(32-56(11,12)54(59)60)52(50)64(45-27-37(5)21-38(6)28-45)46-29-39(7)22-40(8)30-46;1-47(2,45(49)50)31-33-27-29-39(53-5)41(43(33)55(35-19-11-7-12-20-35)36-21-13-8-14-22-36)42-40(54-6)30-28-34(32-48(3,4)46(51)52)44(42)56(37-23-15-9-16-24-37)38-25-17-10-18-26-38/h15-30H,31-32H2,1-14H3,(H,57,58)(H,59,60);7-30H,31-32H2,1-6H3,(H,49,50)(H,51,52). The van der Waals surface area contributed by atoms with Crippen molar-refractivity contribution in [3.63, 3.8) is 0 Å². The second-order valence-corrected chi connectivity index (χ2v) is 42.7. The Bertz CT molecular complexity index is 5140. The van der Waals surface area contributed by atoms with Crippen molar-refractivity contribution < 1.29 is 58.6 Å². The van der Waals surface area contributed by atoms with Crippen molar-refractivity contribution >= 4 is 119 Å². The van der Waals surface area contributed by atoms with E-state index in [0.29, 0.717) is 23.0 Å². The Balaban J connectivity index is 0.000000237. The molecule has 0 aliphatic heterocycles. The van der Waals surface area contributed by atoms with Gasteiger partial charge in [0.2, 0.25) is 0 Å². The summed E-state index contributed by atoms with van der Waals surface area (Å²) >= 11 is 0. The van der Waals surface area contributed by atoms with Crippen LogP contribution in [0.4, 0.5) is 0 Å². The van der Waals surface area contributed by atoms with Gasteiger partial charge >= 0.3 is 23.9 Å². The lowest BCUT2D eigenvalue weighted by Gasteiger charge is -2.33. The van der Waals surface area contributed by atoms with E-state index in [1.807, 2.05) is 109 Å². The molecule has 12 rings (SSSR count). The molecule has 0 heterocycles. The van der Waals surface area contributed by atoms with Crippen LogP contribution in [0.15, 0.2) is 243 Å². The number of carbonyl (C=O) groups is 4. The van der Waals surface area contributed by atoms with E-state index in [1.54, 1.807) is 83.8 Å². The minimum atomic E-state index is -1.41. The number of carboxylic acids is 4. The lowest BCUT2D eigenvalue weighted by atomic mass is 9.83. The molecule has 0 atom stereocenters. The van der Waals surface area contributed by atoms with Gasteiger partial charge in [-0.2, -0.15) is 0 Å². The predicted molar refractivity (Wildman–Crippen MR) is 503 cm³/mol. The number of carboxylic acid groups (broad SMARTS) is 4. The highest BCUT2D eigenvalue weighted by Crippen LogP contribution is 2.53. The second-order valence-electron chi connectivity index (χ2n) is 34.1. The number of rotatable bonds is 30. The molecular weight excluding hydrogens is 1570 g/mol. The molecule has 0 aliphatic carbocycles. The summed E-state index contributed by atoms with van der Waals surface area (Å²) in [7, 11) is 1.25. The molecule has 0 fully saturated rings. The van der Waals surface area contributed by atoms with Crippen molar-refractivity contribution in [3.05, 3.63) is 309 Å². The highest BCUT2D eigenvalue weighted by Gasteiger charge is 2.42. The molecular formula is C104H112O12P4. The SMILES string of the molecule is COc1ccc(CC(C)(C)C(=O)O)c(P(c2cc(C)cc(C)c2)c2cc(C)cc(C)c2)c1-c1c(OC)ccc(CC(C)(C)C(=O)O)c1P(c1cc(C)cc(C)c1)c1cc(C)cc(C)c1.COc1ccc(CC(C)(C)C(=O)O)c(P(c2ccccc2)c2ccccc2)c1-c1c(OC)ccc(CC(C)(C)C(=O)O)c1P(c1ccccc1)c1ccccc1. The van der Waals surface area contributed by atoms with Gasteiger partial charge in [-0.05, 0) is 278 Å². The molecule has 0 unspecified atom stereocenters. The highest BCUT2D eigenvalue weighted by atomic mass is 31.1. The number of hydrogen-bond acceptors (Lipinski definition) is 8. The van der Waals surface area contributed by atoms with E-state index in [0.717, 1.165) is 153 Å². The molecule has 620 valence electrons. The first-order valence-corrected chi connectivity index (χ1v) is 45.8.